The molecule has 8 heteroatoms. The van der Waals surface area contributed by atoms with Crippen LogP contribution in [0.25, 0.3) is 11.8 Å². The van der Waals surface area contributed by atoms with Crippen molar-refractivity contribution < 1.29 is 14.3 Å². The summed E-state index contributed by atoms with van der Waals surface area (Å²) in [5.74, 6) is -0.626. The number of hydrogen-bond donors (Lipinski definition) is 1. The van der Waals surface area contributed by atoms with E-state index in [0.29, 0.717) is 17.0 Å². The quantitative estimate of drug-likeness (QED) is 0.367. The lowest BCUT2D eigenvalue weighted by molar-refractivity contribution is -0.122. The number of thiocarbonyl (C=S) groups is 1. The number of benzene rings is 2. The van der Waals surface area contributed by atoms with Crippen LogP contribution in [0.3, 0.4) is 0 Å². The molecule has 0 saturated carbocycles. The van der Waals surface area contributed by atoms with E-state index in [2.05, 4.69) is 11.4 Å². The molecule has 1 saturated heterocycles. The molecule has 2 amide bonds. The smallest absolute Gasteiger partial charge is 0.270 e. The van der Waals surface area contributed by atoms with Crippen LogP contribution in [0.1, 0.15) is 22.5 Å². The van der Waals surface area contributed by atoms with Crippen molar-refractivity contribution >= 4 is 40.9 Å². The van der Waals surface area contributed by atoms with Crippen molar-refractivity contribution in [3.8, 4) is 17.5 Å². The molecule has 0 aliphatic carbocycles. The van der Waals surface area contributed by atoms with Gasteiger partial charge in [0.05, 0.1) is 24.4 Å². The van der Waals surface area contributed by atoms with Crippen LogP contribution in [0.15, 0.2) is 60.2 Å². The summed E-state index contributed by atoms with van der Waals surface area (Å²) >= 11 is 5.29. The van der Waals surface area contributed by atoms with Gasteiger partial charge in [0.1, 0.15) is 11.3 Å². The maximum absolute atomic E-state index is 13.4. The number of para-hydroxylation sites is 2. The Balaban J connectivity index is 1.77. The van der Waals surface area contributed by atoms with E-state index in [4.69, 9.17) is 22.2 Å². The Kier molecular flexibility index (Phi) is 5.82. The summed E-state index contributed by atoms with van der Waals surface area (Å²) in [4.78, 5) is 27.4. The topological polar surface area (TPSA) is 87.4 Å². The molecule has 164 valence electrons. The summed E-state index contributed by atoms with van der Waals surface area (Å²) in [6.07, 6.45) is 1.57. The van der Waals surface area contributed by atoms with Crippen molar-refractivity contribution in [2.75, 3.05) is 12.0 Å². The number of aromatic nitrogens is 1. The molecule has 0 bridgehead atoms. The first kappa shape index (κ1) is 22.0. The number of carbonyl (C=O) groups excluding carboxylic acids is 2. The molecular weight excluding hydrogens is 436 g/mol. The number of anilines is 1. The molecule has 1 aliphatic heterocycles. The summed E-state index contributed by atoms with van der Waals surface area (Å²) in [6, 6.07) is 18.2. The van der Waals surface area contributed by atoms with Crippen LogP contribution in [0.2, 0.25) is 0 Å². The molecular formula is C25H20N4O3S. The standard InChI is InChI=1S/C25H20N4O3S/c1-15-12-18(16(2)28(15)19-10-8-17(14-26)9-11-19)13-20-23(30)27-25(33)29(24(20)31)21-6-4-5-7-22(21)32-3/h4-13H,1-3H3,(H,27,30,33)/b20-13+. The van der Waals surface area contributed by atoms with Gasteiger partial charge in [0.2, 0.25) is 0 Å². The highest BCUT2D eigenvalue weighted by Gasteiger charge is 2.36. The van der Waals surface area contributed by atoms with E-state index in [1.165, 1.54) is 12.0 Å². The fourth-order valence-corrected chi connectivity index (χ4v) is 4.14. The van der Waals surface area contributed by atoms with Gasteiger partial charge >= 0.3 is 0 Å². The van der Waals surface area contributed by atoms with Gasteiger partial charge in [0.15, 0.2) is 5.11 Å². The molecule has 0 unspecified atom stereocenters. The van der Waals surface area contributed by atoms with Gasteiger partial charge in [-0.25, -0.2) is 4.90 Å². The first-order chi connectivity index (χ1) is 15.8. The molecule has 0 spiro atoms. The first-order valence-electron chi connectivity index (χ1n) is 10.1. The van der Waals surface area contributed by atoms with Gasteiger partial charge in [-0.2, -0.15) is 5.26 Å². The summed E-state index contributed by atoms with van der Waals surface area (Å²) in [5.41, 5.74) is 4.36. The maximum Gasteiger partial charge on any atom is 0.270 e. The first-order valence-corrected chi connectivity index (χ1v) is 10.5. The number of ether oxygens (including phenoxy) is 1. The zero-order valence-corrected chi connectivity index (χ0v) is 19.1. The van der Waals surface area contributed by atoms with Gasteiger partial charge in [-0.15, -0.1) is 0 Å². The van der Waals surface area contributed by atoms with Gasteiger partial charge in [0, 0.05) is 17.1 Å². The highest BCUT2D eigenvalue weighted by Crippen LogP contribution is 2.31. The van der Waals surface area contributed by atoms with Crippen LogP contribution in [0.4, 0.5) is 5.69 Å². The van der Waals surface area contributed by atoms with E-state index in [0.717, 1.165) is 22.6 Å². The number of hydrogen-bond acceptors (Lipinski definition) is 5. The van der Waals surface area contributed by atoms with E-state index in [1.807, 2.05) is 36.6 Å². The SMILES string of the molecule is COc1ccccc1N1C(=O)/C(=C/c2cc(C)n(-c3ccc(C#N)cc3)c2C)C(=O)NC1=S. The molecule has 0 radical (unpaired) electrons. The summed E-state index contributed by atoms with van der Waals surface area (Å²) in [5, 5.41) is 11.6. The van der Waals surface area contributed by atoms with Crippen LogP contribution in [-0.4, -0.2) is 28.6 Å². The number of rotatable bonds is 4. The van der Waals surface area contributed by atoms with Gasteiger partial charge in [-0.1, -0.05) is 12.1 Å². The summed E-state index contributed by atoms with van der Waals surface area (Å²) in [7, 11) is 1.50. The van der Waals surface area contributed by atoms with Crippen molar-refractivity contribution in [3.63, 3.8) is 0 Å². The lowest BCUT2D eigenvalue weighted by Gasteiger charge is -2.29. The average Bonchev–Trinajstić information content (AvgIpc) is 3.09. The molecule has 0 atom stereocenters. The predicted octanol–water partition coefficient (Wildman–Crippen LogP) is 3.81. The minimum absolute atomic E-state index is 0.00490. The number of carbonyl (C=O) groups is 2. The fourth-order valence-electron chi connectivity index (χ4n) is 3.86. The monoisotopic (exact) mass is 456 g/mol. The number of nitriles is 1. The van der Waals surface area contributed by atoms with Gasteiger partial charge in [-0.3, -0.25) is 14.9 Å². The van der Waals surface area contributed by atoms with E-state index in [1.54, 1.807) is 42.5 Å². The van der Waals surface area contributed by atoms with E-state index < -0.39 is 11.8 Å². The summed E-state index contributed by atoms with van der Waals surface area (Å²) < 4.78 is 7.37. The van der Waals surface area contributed by atoms with Crippen LogP contribution >= 0.6 is 12.2 Å². The third-order valence-electron chi connectivity index (χ3n) is 5.45. The molecule has 2 aromatic carbocycles. The fraction of sp³-hybridized carbons (Fsp3) is 0.120. The normalized spacial score (nSPS) is 14.9. The number of amides is 2. The zero-order valence-electron chi connectivity index (χ0n) is 18.2. The third-order valence-corrected chi connectivity index (χ3v) is 5.74. The summed E-state index contributed by atoms with van der Waals surface area (Å²) in [6.45, 7) is 3.84. The maximum atomic E-state index is 13.4. The Bertz CT molecular complexity index is 1360. The lowest BCUT2D eigenvalue weighted by atomic mass is 10.1. The Morgan fingerprint density at radius 1 is 1.09 bits per heavy atom. The molecule has 3 aromatic rings. The molecule has 1 fully saturated rings. The highest BCUT2D eigenvalue weighted by atomic mass is 32.1. The van der Waals surface area contributed by atoms with E-state index >= 15 is 0 Å². The second-order valence-corrected chi connectivity index (χ2v) is 7.84. The van der Waals surface area contributed by atoms with E-state index in [9.17, 15) is 9.59 Å². The van der Waals surface area contributed by atoms with Crippen molar-refractivity contribution in [2.45, 2.75) is 13.8 Å². The van der Waals surface area contributed by atoms with Crippen LogP contribution in [0.5, 0.6) is 5.75 Å². The third kappa shape index (κ3) is 3.90. The average molecular weight is 457 g/mol. The van der Waals surface area contributed by atoms with Gasteiger partial charge in [0.25, 0.3) is 11.8 Å². The Labute approximate surface area is 196 Å². The molecule has 1 N–H and O–H groups in total. The van der Waals surface area contributed by atoms with Crippen molar-refractivity contribution in [2.24, 2.45) is 0 Å². The zero-order chi connectivity index (χ0) is 23.7. The highest BCUT2D eigenvalue weighted by molar-refractivity contribution is 7.80. The van der Waals surface area contributed by atoms with Crippen LogP contribution < -0.4 is 15.0 Å². The number of nitrogens with one attached hydrogen (secondary N) is 1. The minimum atomic E-state index is -0.556. The van der Waals surface area contributed by atoms with Crippen molar-refractivity contribution in [1.82, 2.24) is 9.88 Å². The Morgan fingerprint density at radius 2 is 1.79 bits per heavy atom. The van der Waals surface area contributed by atoms with Crippen LogP contribution in [0, 0.1) is 25.2 Å². The second kappa shape index (κ2) is 8.73. The number of aryl methyl sites for hydroxylation is 1. The lowest BCUT2D eigenvalue weighted by Crippen LogP contribution is -2.54. The minimum Gasteiger partial charge on any atom is -0.495 e. The molecule has 2 heterocycles. The number of nitrogens with zero attached hydrogens (tertiary/aromatic N) is 3. The molecule has 1 aliphatic rings. The van der Waals surface area contributed by atoms with E-state index in [-0.39, 0.29) is 10.7 Å². The molecule has 4 rings (SSSR count). The Morgan fingerprint density at radius 3 is 2.45 bits per heavy atom. The number of methoxy groups -OCH3 is 1. The second-order valence-electron chi connectivity index (χ2n) is 7.45. The van der Waals surface area contributed by atoms with Gasteiger partial charge < -0.3 is 9.30 Å². The van der Waals surface area contributed by atoms with Crippen molar-refractivity contribution in [3.05, 3.63) is 82.7 Å². The molecule has 1 aromatic heterocycles. The van der Waals surface area contributed by atoms with Gasteiger partial charge in [-0.05, 0) is 80.2 Å². The predicted molar refractivity (Wildman–Crippen MR) is 129 cm³/mol. The largest absolute Gasteiger partial charge is 0.495 e. The molecule has 7 nitrogen and oxygen atoms in total. The Hall–Kier alpha value is -4.22. The van der Waals surface area contributed by atoms with Crippen LogP contribution in [-0.2, 0) is 9.59 Å². The molecule has 33 heavy (non-hydrogen) atoms. The van der Waals surface area contributed by atoms with Crippen molar-refractivity contribution in [1.29, 1.82) is 5.26 Å².